The summed E-state index contributed by atoms with van der Waals surface area (Å²) >= 11 is 0. The Morgan fingerprint density at radius 3 is 1.90 bits per heavy atom. The number of phenols is 1. The van der Waals surface area contributed by atoms with Crippen LogP contribution in [0, 0.1) is 0 Å². The summed E-state index contributed by atoms with van der Waals surface area (Å²) in [5.41, 5.74) is 3.27. The zero-order valence-electron chi connectivity index (χ0n) is 16.7. The highest BCUT2D eigenvalue weighted by Crippen LogP contribution is 2.26. The van der Waals surface area contributed by atoms with Gasteiger partial charge in [0.25, 0.3) is 0 Å². The number of rotatable bonds is 5. The molecule has 150 valence electrons. The van der Waals surface area contributed by atoms with Gasteiger partial charge in [0.05, 0.1) is 13.4 Å². The third kappa shape index (κ3) is 9.68. The monoisotopic (exact) mass is 388 g/mol. The van der Waals surface area contributed by atoms with Gasteiger partial charge in [0.1, 0.15) is 0 Å². The van der Waals surface area contributed by atoms with Crippen LogP contribution in [-0.2, 0) is 6.42 Å². The van der Waals surface area contributed by atoms with Gasteiger partial charge in [-0.25, -0.2) is 0 Å². The van der Waals surface area contributed by atoms with Gasteiger partial charge in [0, 0.05) is 0 Å². The topological polar surface area (TPSA) is 49.7 Å². The van der Waals surface area contributed by atoms with Gasteiger partial charge in [-0.3, -0.25) is 0 Å². The van der Waals surface area contributed by atoms with Crippen molar-refractivity contribution < 1.29 is 14.9 Å². The van der Waals surface area contributed by atoms with Crippen LogP contribution in [0.1, 0.15) is 16.7 Å². The van der Waals surface area contributed by atoms with Crippen LogP contribution in [-0.4, -0.2) is 17.3 Å². The summed E-state index contributed by atoms with van der Waals surface area (Å²) in [7, 11) is 1.53. The number of hydrogen-bond donors (Lipinski definition) is 2. The van der Waals surface area contributed by atoms with E-state index in [0.29, 0.717) is 5.75 Å². The van der Waals surface area contributed by atoms with E-state index in [1.54, 1.807) is 18.2 Å². The predicted molar refractivity (Wildman–Crippen MR) is 123 cm³/mol. The summed E-state index contributed by atoms with van der Waals surface area (Å²) in [4.78, 5) is 0. The Balaban J connectivity index is 0.000000223. The smallest absolute Gasteiger partial charge is 0.160 e. The Morgan fingerprint density at radius 1 is 0.862 bits per heavy atom. The van der Waals surface area contributed by atoms with Crippen LogP contribution in [0.5, 0.6) is 11.5 Å². The van der Waals surface area contributed by atoms with Gasteiger partial charge in [-0.2, -0.15) is 0 Å². The van der Waals surface area contributed by atoms with Gasteiger partial charge in [-0.15, -0.1) is 6.58 Å². The second-order valence-electron chi connectivity index (χ2n) is 5.84. The number of hydrogen-bond acceptors (Lipinski definition) is 3. The Kier molecular flexibility index (Phi) is 11.5. The van der Waals surface area contributed by atoms with Crippen molar-refractivity contribution in [2.24, 2.45) is 0 Å². The lowest BCUT2D eigenvalue weighted by Crippen LogP contribution is -1.86. The van der Waals surface area contributed by atoms with Crippen molar-refractivity contribution >= 4 is 12.2 Å². The van der Waals surface area contributed by atoms with Crippen LogP contribution in [0.2, 0.25) is 0 Å². The minimum absolute atomic E-state index is 0.172. The molecule has 3 aromatic carbocycles. The molecule has 3 rings (SSSR count). The number of aliphatic hydroxyl groups is 1. The highest BCUT2D eigenvalue weighted by Gasteiger charge is 2.00. The van der Waals surface area contributed by atoms with E-state index in [1.165, 1.54) is 12.7 Å². The van der Waals surface area contributed by atoms with E-state index in [2.05, 4.69) is 13.2 Å². The van der Waals surface area contributed by atoms with Gasteiger partial charge >= 0.3 is 0 Å². The van der Waals surface area contributed by atoms with E-state index in [-0.39, 0.29) is 5.75 Å². The molecule has 0 unspecified atom stereocenters. The molecule has 29 heavy (non-hydrogen) atoms. The van der Waals surface area contributed by atoms with Crippen LogP contribution in [0.3, 0.4) is 0 Å². The van der Waals surface area contributed by atoms with Gasteiger partial charge < -0.3 is 14.9 Å². The average molecular weight is 389 g/mol. The molecule has 0 atom stereocenters. The van der Waals surface area contributed by atoms with E-state index in [4.69, 9.17) is 9.84 Å². The molecule has 0 aliphatic heterocycles. The third-order valence-electron chi connectivity index (χ3n) is 3.73. The molecule has 0 saturated carbocycles. The van der Waals surface area contributed by atoms with Crippen molar-refractivity contribution in [1.82, 2.24) is 0 Å². The van der Waals surface area contributed by atoms with E-state index < -0.39 is 0 Å². The van der Waals surface area contributed by atoms with Crippen molar-refractivity contribution in [2.75, 3.05) is 7.11 Å². The van der Waals surface area contributed by atoms with E-state index in [0.717, 1.165) is 23.8 Å². The Labute approximate surface area is 173 Å². The maximum absolute atomic E-state index is 9.25. The lowest BCUT2D eigenvalue weighted by atomic mass is 10.1. The van der Waals surface area contributed by atoms with E-state index >= 15 is 0 Å². The second kappa shape index (κ2) is 14.4. The lowest BCUT2D eigenvalue weighted by molar-refractivity contribution is 0.373. The molecule has 0 aliphatic rings. The molecule has 0 heterocycles. The molecule has 0 spiro atoms. The van der Waals surface area contributed by atoms with Gasteiger partial charge in [0.2, 0.25) is 0 Å². The molecule has 2 N–H and O–H groups in total. The van der Waals surface area contributed by atoms with Crippen molar-refractivity contribution in [1.29, 1.82) is 0 Å². The first kappa shape index (κ1) is 23.3. The summed E-state index contributed by atoms with van der Waals surface area (Å²) in [6.07, 6.45) is 7.11. The van der Waals surface area contributed by atoms with Crippen molar-refractivity contribution in [2.45, 2.75) is 6.42 Å². The summed E-state index contributed by atoms with van der Waals surface area (Å²) < 4.78 is 4.95. The summed E-state index contributed by atoms with van der Waals surface area (Å²) in [5.74, 6) is 0.680. The zero-order valence-corrected chi connectivity index (χ0v) is 16.7. The van der Waals surface area contributed by atoms with Crippen LogP contribution in [0.4, 0.5) is 0 Å². The first-order valence-electron chi connectivity index (χ1n) is 9.14. The maximum Gasteiger partial charge on any atom is 0.160 e. The molecule has 0 amide bonds. The van der Waals surface area contributed by atoms with Gasteiger partial charge in [-0.05, 0) is 41.3 Å². The Hall–Kier alpha value is -3.72. The molecular weight excluding hydrogens is 360 g/mol. The zero-order chi connectivity index (χ0) is 21.3. The van der Waals surface area contributed by atoms with Crippen molar-refractivity contribution in [3.63, 3.8) is 0 Å². The normalized spacial score (nSPS) is 9.41. The van der Waals surface area contributed by atoms with Crippen LogP contribution < -0.4 is 4.74 Å². The Bertz CT molecular complexity index is 869. The Morgan fingerprint density at radius 2 is 1.45 bits per heavy atom. The number of benzene rings is 3. The van der Waals surface area contributed by atoms with Crippen molar-refractivity contribution in [3.05, 3.63) is 121 Å². The molecule has 3 nitrogen and oxygen atoms in total. The minimum atomic E-state index is 0.172. The number of phenolic OH excluding ortho intramolecular Hbond substituents is 1. The van der Waals surface area contributed by atoms with E-state index in [9.17, 15) is 5.11 Å². The second-order valence-corrected chi connectivity index (χ2v) is 5.84. The SMILES string of the molecule is C=CCc1ccc(O)c(OC)c1.C=Cc1ccccc1.OC=Cc1ccccc1. The van der Waals surface area contributed by atoms with Gasteiger partial charge in [-0.1, -0.05) is 85.5 Å². The molecule has 0 bridgehead atoms. The number of allylic oxidation sites excluding steroid dienone is 1. The van der Waals surface area contributed by atoms with Crippen LogP contribution in [0.25, 0.3) is 12.2 Å². The molecule has 3 heteroatoms. The van der Waals surface area contributed by atoms with Gasteiger partial charge in [0.15, 0.2) is 11.5 Å². The fraction of sp³-hybridized carbons (Fsp3) is 0.0769. The van der Waals surface area contributed by atoms with E-state index in [1.807, 2.05) is 78.9 Å². The molecular formula is C26H28O3. The minimum Gasteiger partial charge on any atom is -0.516 e. The molecule has 0 fully saturated rings. The van der Waals surface area contributed by atoms with Crippen LogP contribution in [0.15, 0.2) is 104 Å². The molecule has 0 aromatic heterocycles. The summed E-state index contributed by atoms with van der Waals surface area (Å²) in [6, 6.07) is 24.9. The highest BCUT2D eigenvalue weighted by molar-refractivity contribution is 5.47. The average Bonchev–Trinajstić information content (AvgIpc) is 2.78. The lowest BCUT2D eigenvalue weighted by Gasteiger charge is -2.04. The summed E-state index contributed by atoms with van der Waals surface area (Å²) in [5, 5.41) is 17.6. The highest BCUT2D eigenvalue weighted by atomic mass is 16.5. The quantitative estimate of drug-likeness (QED) is 0.379. The van der Waals surface area contributed by atoms with Crippen LogP contribution >= 0.6 is 0 Å². The molecule has 0 aliphatic carbocycles. The maximum atomic E-state index is 9.25. The largest absolute Gasteiger partial charge is 0.516 e. The summed E-state index contributed by atoms with van der Waals surface area (Å²) in [6.45, 7) is 7.26. The predicted octanol–water partition coefficient (Wildman–Crippen LogP) is 6.67. The number of ether oxygens (including phenoxy) is 1. The first-order valence-corrected chi connectivity index (χ1v) is 9.14. The fourth-order valence-corrected chi connectivity index (χ4v) is 2.26. The molecule has 3 aromatic rings. The molecule has 0 radical (unpaired) electrons. The number of aromatic hydroxyl groups is 1. The third-order valence-corrected chi connectivity index (χ3v) is 3.73. The number of methoxy groups -OCH3 is 1. The number of aliphatic hydroxyl groups excluding tert-OH is 1. The fourth-order valence-electron chi connectivity index (χ4n) is 2.26. The first-order chi connectivity index (χ1) is 14.1. The van der Waals surface area contributed by atoms with Crippen molar-refractivity contribution in [3.8, 4) is 11.5 Å². The standard InChI is InChI=1S/C10H12O2.C8H8O.C8H8/c1-3-4-8-5-6-9(11)10(7-8)12-2;9-7-6-8-4-2-1-3-5-8;1-2-8-6-4-3-5-7-8/h3,5-7,11H,1,4H2,2H3;1-7,9H;2-7H,1H2. The molecule has 0 saturated heterocycles.